The number of thiophene rings is 1. The lowest BCUT2D eigenvalue weighted by molar-refractivity contribution is -0.385. The zero-order valence-electron chi connectivity index (χ0n) is 16.9. The first-order valence-corrected chi connectivity index (χ1v) is 10.5. The van der Waals surface area contributed by atoms with Crippen LogP contribution in [0.15, 0.2) is 48.0 Å². The predicted octanol–water partition coefficient (Wildman–Crippen LogP) is 4.96. The molecule has 30 heavy (non-hydrogen) atoms. The van der Waals surface area contributed by atoms with Gasteiger partial charge in [-0.2, -0.15) is 0 Å². The van der Waals surface area contributed by atoms with Gasteiger partial charge in [0.15, 0.2) is 0 Å². The van der Waals surface area contributed by atoms with Crippen molar-refractivity contribution in [3.8, 4) is 0 Å². The van der Waals surface area contributed by atoms with Gasteiger partial charge in [-0.05, 0) is 23.9 Å². The molecule has 0 spiro atoms. The van der Waals surface area contributed by atoms with Crippen molar-refractivity contribution in [2.45, 2.75) is 32.7 Å². The summed E-state index contributed by atoms with van der Waals surface area (Å²) in [5, 5.41) is 13.4. The number of esters is 1. The van der Waals surface area contributed by atoms with Gasteiger partial charge in [0.25, 0.3) is 5.69 Å². The second-order valence-corrected chi connectivity index (χ2v) is 7.65. The van der Waals surface area contributed by atoms with E-state index >= 15 is 0 Å². The van der Waals surface area contributed by atoms with Crippen LogP contribution in [0.3, 0.4) is 0 Å². The monoisotopic (exact) mass is 425 g/mol. The summed E-state index contributed by atoms with van der Waals surface area (Å²) in [6.07, 6.45) is 6.15. The Balaban J connectivity index is 2.09. The van der Waals surface area contributed by atoms with Gasteiger partial charge in [0.1, 0.15) is 5.82 Å². The molecule has 1 aromatic carbocycles. The average Bonchev–Trinajstić information content (AvgIpc) is 3.41. The fourth-order valence-electron chi connectivity index (χ4n) is 3.17. The molecule has 3 aromatic rings. The number of rotatable bonds is 9. The Bertz CT molecular complexity index is 1050. The zero-order chi connectivity index (χ0) is 21.5. The van der Waals surface area contributed by atoms with E-state index in [2.05, 4.69) is 11.9 Å². The molecule has 156 valence electrons. The number of benzene rings is 1. The van der Waals surface area contributed by atoms with E-state index in [1.165, 1.54) is 24.5 Å². The van der Waals surface area contributed by atoms with Gasteiger partial charge < -0.3 is 9.30 Å². The molecule has 0 radical (unpaired) electrons. The van der Waals surface area contributed by atoms with E-state index < -0.39 is 5.97 Å². The van der Waals surface area contributed by atoms with Gasteiger partial charge in [-0.15, -0.1) is 11.3 Å². The molecule has 2 heterocycles. The van der Waals surface area contributed by atoms with Crippen molar-refractivity contribution in [1.29, 1.82) is 0 Å². The number of para-hydroxylation sites is 1. The zero-order valence-corrected chi connectivity index (χ0v) is 17.7. The van der Waals surface area contributed by atoms with Crippen molar-refractivity contribution in [2.24, 2.45) is 0 Å². The number of hydrogen-bond acceptors (Lipinski definition) is 6. The SMILES string of the molecule is CCCCc1ncc(C=C(C(=O)OC)c2cccs2)n1Cc1ccccc1[N+](=O)[O-]. The van der Waals surface area contributed by atoms with Gasteiger partial charge in [0.2, 0.25) is 0 Å². The molecule has 0 amide bonds. The van der Waals surface area contributed by atoms with E-state index in [-0.39, 0.29) is 10.6 Å². The molecule has 0 saturated heterocycles. The van der Waals surface area contributed by atoms with Crippen LogP contribution in [0.2, 0.25) is 0 Å². The Morgan fingerprint density at radius 3 is 2.77 bits per heavy atom. The predicted molar refractivity (Wildman–Crippen MR) is 117 cm³/mol. The van der Waals surface area contributed by atoms with Crippen LogP contribution in [0.1, 0.15) is 41.7 Å². The summed E-state index contributed by atoms with van der Waals surface area (Å²) < 4.78 is 6.91. The maximum atomic E-state index is 12.4. The van der Waals surface area contributed by atoms with Crippen LogP contribution >= 0.6 is 11.3 Å². The summed E-state index contributed by atoms with van der Waals surface area (Å²) >= 11 is 1.44. The number of ether oxygens (including phenoxy) is 1. The molecule has 0 aliphatic heterocycles. The highest BCUT2D eigenvalue weighted by molar-refractivity contribution is 7.11. The fourth-order valence-corrected chi connectivity index (χ4v) is 3.90. The van der Waals surface area contributed by atoms with Crippen molar-refractivity contribution in [3.63, 3.8) is 0 Å². The smallest absolute Gasteiger partial charge is 0.339 e. The van der Waals surface area contributed by atoms with E-state index in [0.29, 0.717) is 23.4 Å². The molecule has 0 atom stereocenters. The summed E-state index contributed by atoms with van der Waals surface area (Å²) in [4.78, 5) is 28.8. The summed E-state index contributed by atoms with van der Waals surface area (Å²) in [5.41, 5.74) is 1.78. The summed E-state index contributed by atoms with van der Waals surface area (Å²) in [6.45, 7) is 2.39. The lowest BCUT2D eigenvalue weighted by Crippen LogP contribution is -2.10. The minimum atomic E-state index is -0.439. The number of imidazole rings is 1. The minimum Gasteiger partial charge on any atom is -0.465 e. The molecule has 0 unspecified atom stereocenters. The lowest BCUT2D eigenvalue weighted by Gasteiger charge is -2.12. The lowest BCUT2D eigenvalue weighted by atomic mass is 10.1. The van der Waals surface area contributed by atoms with Crippen molar-refractivity contribution >= 4 is 34.6 Å². The number of nitrogens with zero attached hydrogens (tertiary/aromatic N) is 3. The van der Waals surface area contributed by atoms with E-state index in [1.54, 1.807) is 30.5 Å². The first kappa shape index (κ1) is 21.4. The Morgan fingerprint density at radius 2 is 2.10 bits per heavy atom. The van der Waals surface area contributed by atoms with Crippen LogP contribution in [0.25, 0.3) is 11.6 Å². The average molecular weight is 426 g/mol. The largest absolute Gasteiger partial charge is 0.465 e. The van der Waals surface area contributed by atoms with E-state index in [0.717, 1.165) is 30.0 Å². The molecule has 8 heteroatoms. The number of carbonyl (C=O) groups excluding carboxylic acids is 1. The van der Waals surface area contributed by atoms with E-state index in [1.807, 2.05) is 22.1 Å². The van der Waals surface area contributed by atoms with Crippen LogP contribution in [0.5, 0.6) is 0 Å². The topological polar surface area (TPSA) is 87.3 Å². The number of nitro groups is 1. The maximum Gasteiger partial charge on any atom is 0.339 e. The maximum absolute atomic E-state index is 12.4. The third-order valence-corrected chi connectivity index (χ3v) is 5.63. The molecule has 0 aliphatic rings. The molecule has 0 fully saturated rings. The number of carbonyl (C=O) groups is 1. The molecule has 3 rings (SSSR count). The quantitative estimate of drug-likeness (QED) is 0.209. The molecule has 0 saturated carbocycles. The molecular weight excluding hydrogens is 402 g/mol. The van der Waals surface area contributed by atoms with Gasteiger partial charge in [-0.1, -0.05) is 37.6 Å². The first-order chi connectivity index (χ1) is 14.5. The number of unbranched alkanes of at least 4 members (excludes halogenated alkanes) is 1. The number of aromatic nitrogens is 2. The van der Waals surface area contributed by atoms with Gasteiger partial charge >= 0.3 is 5.97 Å². The third-order valence-electron chi connectivity index (χ3n) is 4.72. The van der Waals surface area contributed by atoms with Crippen LogP contribution in [-0.2, 0) is 22.5 Å². The summed E-state index contributed by atoms with van der Waals surface area (Å²) in [7, 11) is 1.35. The molecule has 0 bridgehead atoms. The van der Waals surface area contributed by atoms with Crippen molar-refractivity contribution in [2.75, 3.05) is 7.11 Å². The number of aryl methyl sites for hydroxylation is 1. The highest BCUT2D eigenvalue weighted by atomic mass is 32.1. The van der Waals surface area contributed by atoms with E-state index in [4.69, 9.17) is 4.74 Å². The van der Waals surface area contributed by atoms with Crippen molar-refractivity contribution < 1.29 is 14.5 Å². The summed E-state index contributed by atoms with van der Waals surface area (Å²) in [6, 6.07) is 10.4. The van der Waals surface area contributed by atoms with Crippen molar-refractivity contribution in [3.05, 3.63) is 80.0 Å². The number of methoxy groups -OCH3 is 1. The second kappa shape index (κ2) is 9.98. The van der Waals surface area contributed by atoms with Gasteiger partial charge in [0, 0.05) is 22.9 Å². The Hall–Kier alpha value is -3.26. The summed E-state index contributed by atoms with van der Waals surface area (Å²) in [5.74, 6) is 0.391. The molecular formula is C22H23N3O4S. The molecule has 0 aliphatic carbocycles. The standard InChI is InChI=1S/C22H23N3O4S/c1-3-4-11-21-23-14-17(13-18(22(26)29-2)20-10-7-12-30-20)24(21)15-16-8-5-6-9-19(16)25(27)28/h5-10,12-14H,3-4,11,15H2,1-2H3. The van der Waals surface area contributed by atoms with Crippen LogP contribution in [-0.4, -0.2) is 27.6 Å². The minimum absolute atomic E-state index is 0.0639. The van der Waals surface area contributed by atoms with Crippen LogP contribution in [0.4, 0.5) is 5.69 Å². The molecule has 7 nitrogen and oxygen atoms in total. The second-order valence-electron chi connectivity index (χ2n) is 6.70. The fraction of sp³-hybridized carbons (Fsp3) is 0.273. The Kier molecular flexibility index (Phi) is 7.13. The molecule has 2 aromatic heterocycles. The third kappa shape index (κ3) is 4.83. The van der Waals surface area contributed by atoms with E-state index in [9.17, 15) is 14.9 Å². The van der Waals surface area contributed by atoms with Crippen LogP contribution in [0, 0.1) is 10.1 Å². The molecule has 0 N–H and O–H groups in total. The Labute approximate surface area is 178 Å². The van der Waals surface area contributed by atoms with Gasteiger partial charge in [-0.3, -0.25) is 10.1 Å². The highest BCUT2D eigenvalue weighted by Crippen LogP contribution is 2.26. The number of hydrogen-bond donors (Lipinski definition) is 0. The van der Waals surface area contributed by atoms with Gasteiger partial charge in [0.05, 0.1) is 36.0 Å². The number of nitro benzene ring substituents is 1. The van der Waals surface area contributed by atoms with Crippen molar-refractivity contribution in [1.82, 2.24) is 9.55 Å². The Morgan fingerprint density at radius 1 is 1.30 bits per heavy atom. The van der Waals surface area contributed by atoms with Crippen LogP contribution < -0.4 is 0 Å². The highest BCUT2D eigenvalue weighted by Gasteiger charge is 2.19. The normalized spacial score (nSPS) is 11.5. The first-order valence-electron chi connectivity index (χ1n) is 9.65. The van der Waals surface area contributed by atoms with Gasteiger partial charge in [-0.25, -0.2) is 9.78 Å².